The van der Waals surface area contributed by atoms with E-state index in [1.54, 1.807) is 0 Å². The summed E-state index contributed by atoms with van der Waals surface area (Å²) in [5.74, 6) is 1.61. The van der Waals surface area contributed by atoms with Crippen molar-refractivity contribution in [3.8, 4) is 19.5 Å². The predicted molar refractivity (Wildman–Crippen MR) is 304 cm³/mol. The van der Waals surface area contributed by atoms with E-state index in [0.29, 0.717) is 0 Å². The van der Waals surface area contributed by atoms with E-state index >= 15 is 0 Å². The van der Waals surface area contributed by atoms with E-state index in [0.717, 1.165) is 22.4 Å². The molecule has 3 rings (SSSR count). The smallest absolute Gasteiger partial charge is 0.0690 e. The number of anilines is 1. The molecule has 65 heavy (non-hydrogen) atoms. The normalized spacial score (nSPS) is 12.8. The number of nitrogens with two attached hydrogens (primary N) is 1. The molecule has 0 aliphatic rings. The van der Waals surface area contributed by atoms with Gasteiger partial charge in [0.1, 0.15) is 0 Å². The van der Waals surface area contributed by atoms with Crippen molar-refractivity contribution in [1.29, 1.82) is 0 Å². The molecule has 2 unspecified atom stereocenters. The first-order valence-electron chi connectivity index (χ1n) is 28.8. The highest BCUT2D eigenvalue weighted by Crippen LogP contribution is 2.49. The van der Waals surface area contributed by atoms with Gasteiger partial charge in [-0.15, -0.1) is 46.6 Å². The van der Waals surface area contributed by atoms with Gasteiger partial charge in [-0.1, -0.05) is 285 Å². The van der Waals surface area contributed by atoms with Gasteiger partial charge in [0.05, 0.1) is 15.4 Å². The van der Waals surface area contributed by atoms with E-state index in [1.165, 1.54) is 300 Å². The first-order valence-corrected chi connectivity index (χ1v) is 31.8. The first kappa shape index (κ1) is 58.6. The molecule has 1 nitrogen and oxygen atoms in total. The van der Waals surface area contributed by atoms with Crippen LogP contribution < -0.4 is 5.73 Å². The highest BCUT2D eigenvalue weighted by atomic mass is 32.1. The second kappa shape index (κ2) is 40.0. The van der Waals surface area contributed by atoms with Gasteiger partial charge in [0.15, 0.2) is 0 Å². The maximum atomic E-state index is 6.93. The molecule has 3 aromatic rings. The quantitative estimate of drug-likeness (QED) is 0.0428. The summed E-state index contributed by atoms with van der Waals surface area (Å²) in [5.41, 5.74) is 10.9. The van der Waals surface area contributed by atoms with Crippen molar-refractivity contribution in [3.05, 3.63) is 34.0 Å². The van der Waals surface area contributed by atoms with E-state index < -0.39 is 0 Å². The van der Waals surface area contributed by atoms with Crippen LogP contribution in [-0.2, 0) is 12.8 Å². The number of rotatable bonds is 46. The molecule has 5 heteroatoms. The van der Waals surface area contributed by atoms with Crippen LogP contribution in [0.15, 0.2) is 27.8 Å². The van der Waals surface area contributed by atoms with Gasteiger partial charge in [-0.05, 0) is 58.7 Å². The molecule has 2 atom stereocenters. The Labute approximate surface area is 422 Å². The molecule has 2 N–H and O–H groups in total. The minimum atomic E-state index is 0.803. The molecule has 374 valence electrons. The Kier molecular flexibility index (Phi) is 36.1. The summed E-state index contributed by atoms with van der Waals surface area (Å²) in [6.07, 6.45) is 59.0. The Bertz CT molecular complexity index is 1390. The monoisotopic (exact) mass is 968 g/mol. The van der Waals surface area contributed by atoms with Gasteiger partial charge in [-0.25, -0.2) is 0 Å². The van der Waals surface area contributed by atoms with Gasteiger partial charge in [0, 0.05) is 14.6 Å². The van der Waals surface area contributed by atoms with Crippen LogP contribution in [0.1, 0.15) is 296 Å². The van der Waals surface area contributed by atoms with E-state index in [-0.39, 0.29) is 0 Å². The Hall–Kier alpha value is -0.750. The van der Waals surface area contributed by atoms with Crippen LogP contribution >= 0.6 is 46.6 Å². The third-order valence-corrected chi connectivity index (χ3v) is 18.7. The van der Waals surface area contributed by atoms with E-state index in [9.17, 15) is 0 Å². The molecule has 0 aromatic carbocycles. The highest BCUT2D eigenvalue weighted by Gasteiger charge is 2.21. The van der Waals surface area contributed by atoms with Gasteiger partial charge in [0.25, 0.3) is 0 Å². The van der Waals surface area contributed by atoms with Crippen LogP contribution in [0.3, 0.4) is 0 Å². The standard InChI is InChI=1S/C60H105NS4/c1-5-9-13-17-21-25-27-31-35-39-42-51(41-37-33-29-23-19-15-11-7-3)45-53-47-55(63-49-53)59-57(61)58(62)60(65-59)56-48-54(50-64-56)46-52(43-38-34-30-24-20-16-12-8-4)44-40-36-32-28-26-22-18-14-10-6-2/h47-52,62H,5-46,61H2,1-4H3. The van der Waals surface area contributed by atoms with Gasteiger partial charge in [-0.3, -0.25) is 0 Å². The van der Waals surface area contributed by atoms with E-state index in [2.05, 4.69) is 50.6 Å². The van der Waals surface area contributed by atoms with Crippen molar-refractivity contribution in [3.63, 3.8) is 0 Å². The fraction of sp³-hybridized carbons (Fsp3) is 0.800. The Morgan fingerprint density at radius 3 is 0.938 bits per heavy atom. The molecule has 3 aromatic heterocycles. The lowest BCUT2D eigenvalue weighted by molar-refractivity contribution is 0.400. The molecule has 0 spiro atoms. The molecular formula is C60H105NS4. The zero-order chi connectivity index (χ0) is 46.4. The van der Waals surface area contributed by atoms with Crippen LogP contribution in [0, 0.1) is 11.8 Å². The van der Waals surface area contributed by atoms with Gasteiger partial charge in [0.2, 0.25) is 0 Å². The predicted octanol–water partition coefficient (Wildman–Crippen LogP) is 23.1. The summed E-state index contributed by atoms with van der Waals surface area (Å²) in [5, 5.41) is 4.91. The topological polar surface area (TPSA) is 26.0 Å². The van der Waals surface area contributed by atoms with E-state index in [1.807, 2.05) is 34.0 Å². The fourth-order valence-corrected chi connectivity index (χ4v) is 14.1. The first-order chi connectivity index (χ1) is 32.0. The lowest BCUT2D eigenvalue weighted by atomic mass is 9.89. The number of thiol groups is 1. The third-order valence-electron chi connectivity index (χ3n) is 14.6. The molecular weight excluding hydrogens is 863 g/mol. The Morgan fingerprint density at radius 2 is 0.646 bits per heavy atom. The zero-order valence-corrected chi connectivity index (χ0v) is 46.8. The Morgan fingerprint density at radius 1 is 0.385 bits per heavy atom. The van der Waals surface area contributed by atoms with Crippen LogP contribution in [0.4, 0.5) is 5.69 Å². The molecule has 0 fully saturated rings. The van der Waals surface area contributed by atoms with E-state index in [4.69, 9.17) is 18.4 Å². The molecule has 0 radical (unpaired) electrons. The van der Waals surface area contributed by atoms with Gasteiger partial charge < -0.3 is 5.73 Å². The fourth-order valence-electron chi connectivity index (χ4n) is 10.3. The number of unbranched alkanes of at least 4 members (excludes halogenated alkanes) is 32. The molecule has 3 heterocycles. The number of hydrogen-bond donors (Lipinski definition) is 2. The summed E-state index contributed by atoms with van der Waals surface area (Å²) < 4.78 is 0. The summed E-state index contributed by atoms with van der Waals surface area (Å²) in [6, 6.07) is 4.99. The van der Waals surface area contributed by atoms with Crippen molar-refractivity contribution in [2.24, 2.45) is 11.8 Å². The van der Waals surface area contributed by atoms with Crippen LogP contribution in [0.5, 0.6) is 0 Å². The van der Waals surface area contributed by atoms with Crippen LogP contribution in [0.25, 0.3) is 19.5 Å². The molecule has 0 saturated heterocycles. The van der Waals surface area contributed by atoms with Crippen molar-refractivity contribution >= 4 is 52.3 Å². The number of nitrogen functional groups attached to an aromatic ring is 1. The van der Waals surface area contributed by atoms with Crippen LogP contribution in [0.2, 0.25) is 0 Å². The maximum Gasteiger partial charge on any atom is 0.0690 e. The molecule has 0 aliphatic carbocycles. The molecule has 0 amide bonds. The zero-order valence-electron chi connectivity index (χ0n) is 43.4. The second-order valence-electron chi connectivity index (χ2n) is 20.8. The van der Waals surface area contributed by atoms with Crippen molar-refractivity contribution in [2.45, 2.75) is 302 Å². The van der Waals surface area contributed by atoms with Crippen molar-refractivity contribution in [2.75, 3.05) is 5.73 Å². The SMILES string of the molecule is CCCCCCCCCCCCC(CCCCCCCCCC)Cc1csc(-c2sc(-c3cc(CC(CCCCCCCCCC)CCCCCCCCCCCC)cs3)c(S)c2N)c1. The summed E-state index contributed by atoms with van der Waals surface area (Å²) in [4.78, 5) is 6.19. The minimum Gasteiger partial charge on any atom is -0.397 e. The molecule has 0 aliphatic heterocycles. The van der Waals surface area contributed by atoms with Gasteiger partial charge >= 0.3 is 0 Å². The van der Waals surface area contributed by atoms with Crippen molar-refractivity contribution < 1.29 is 0 Å². The average molecular weight is 969 g/mol. The third kappa shape index (κ3) is 27.3. The van der Waals surface area contributed by atoms with Crippen molar-refractivity contribution in [1.82, 2.24) is 0 Å². The summed E-state index contributed by atoms with van der Waals surface area (Å²) in [6.45, 7) is 9.28. The van der Waals surface area contributed by atoms with Gasteiger partial charge in [-0.2, -0.15) is 0 Å². The summed E-state index contributed by atoms with van der Waals surface area (Å²) >= 11 is 10.8. The second-order valence-corrected chi connectivity index (χ2v) is 24.1. The molecule has 0 saturated carbocycles. The molecule has 0 bridgehead atoms. The average Bonchev–Trinajstić information content (AvgIpc) is 4.05. The highest BCUT2D eigenvalue weighted by molar-refractivity contribution is 7.81. The van der Waals surface area contributed by atoms with Crippen LogP contribution in [-0.4, -0.2) is 0 Å². The number of hydrogen-bond acceptors (Lipinski definition) is 5. The number of thiophene rings is 3. The summed E-state index contributed by atoms with van der Waals surface area (Å²) in [7, 11) is 0. The minimum absolute atomic E-state index is 0.803. The largest absolute Gasteiger partial charge is 0.397 e. The lowest BCUT2D eigenvalue weighted by Crippen LogP contribution is -2.05. The lowest BCUT2D eigenvalue weighted by Gasteiger charge is -2.16. The maximum absolute atomic E-state index is 6.93. The Balaban J connectivity index is 1.57.